The molecule has 0 unspecified atom stereocenters. The molecule has 0 bridgehead atoms. The first-order chi connectivity index (χ1) is 5.60. The van der Waals surface area contributed by atoms with Gasteiger partial charge in [0, 0.05) is 12.4 Å². The molecule has 0 saturated carbocycles. The lowest BCUT2D eigenvalue weighted by Gasteiger charge is -2.35. The van der Waals surface area contributed by atoms with Crippen molar-refractivity contribution in [1.82, 2.24) is 15.6 Å². The van der Waals surface area contributed by atoms with Crippen LogP contribution in [0.15, 0.2) is 12.4 Å². The van der Waals surface area contributed by atoms with Crippen LogP contribution in [0.3, 0.4) is 0 Å². The largest absolute Gasteiger partial charge is 0.375 e. The molecule has 0 aromatic rings. The fourth-order valence-corrected chi connectivity index (χ4v) is 0.938. The van der Waals surface area contributed by atoms with Crippen LogP contribution in [-0.4, -0.2) is 27.4 Å². The van der Waals surface area contributed by atoms with Crippen LogP contribution in [0.25, 0.3) is 0 Å². The summed E-state index contributed by atoms with van der Waals surface area (Å²) in [5.74, 6) is 0. The lowest BCUT2D eigenvalue weighted by Crippen LogP contribution is -2.50. The number of aliphatic hydroxyl groups is 1. The van der Waals surface area contributed by atoms with E-state index in [9.17, 15) is 0 Å². The number of aliphatic hydroxyl groups excluding tert-OH is 1. The molecule has 1 rings (SSSR count). The molecule has 0 atom stereocenters. The highest BCUT2D eigenvalue weighted by molar-refractivity contribution is 4.92. The summed E-state index contributed by atoms with van der Waals surface area (Å²) in [6, 6.07) is 0. The molecular formula is C8H17N3O. The van der Waals surface area contributed by atoms with E-state index in [0.717, 1.165) is 6.42 Å². The number of nitrogens with zero attached hydrogens (tertiary/aromatic N) is 2. The second kappa shape index (κ2) is 3.33. The van der Waals surface area contributed by atoms with Crippen molar-refractivity contribution in [2.24, 2.45) is 0 Å². The highest BCUT2D eigenvalue weighted by Gasteiger charge is 2.25. The molecular weight excluding hydrogens is 154 g/mol. The van der Waals surface area contributed by atoms with Gasteiger partial charge in [0.1, 0.15) is 6.73 Å². The Labute approximate surface area is 73.4 Å². The SMILES string of the molecule is CCC(C)(C)N1C=CN(CO)N1. The minimum absolute atomic E-state index is 0.00715. The van der Waals surface area contributed by atoms with Crippen molar-refractivity contribution in [2.75, 3.05) is 6.73 Å². The minimum atomic E-state index is -0.00715. The number of rotatable bonds is 3. The summed E-state index contributed by atoms with van der Waals surface area (Å²) in [6.07, 6.45) is 4.79. The zero-order valence-electron chi connectivity index (χ0n) is 7.91. The van der Waals surface area contributed by atoms with Crippen molar-refractivity contribution in [3.63, 3.8) is 0 Å². The van der Waals surface area contributed by atoms with Gasteiger partial charge in [0.2, 0.25) is 0 Å². The average molecular weight is 171 g/mol. The summed E-state index contributed by atoms with van der Waals surface area (Å²) in [7, 11) is 0. The molecule has 0 fully saturated rings. The van der Waals surface area contributed by atoms with Crippen molar-refractivity contribution in [1.29, 1.82) is 0 Å². The van der Waals surface area contributed by atoms with Crippen LogP contribution in [-0.2, 0) is 0 Å². The molecule has 1 aliphatic heterocycles. The standard InChI is InChI=1S/C8H17N3O/c1-4-8(2,3)11-6-5-10(7-12)9-11/h5-6,9,12H,4,7H2,1-3H3. The quantitative estimate of drug-likeness (QED) is 0.653. The van der Waals surface area contributed by atoms with Crippen molar-refractivity contribution in [3.05, 3.63) is 12.4 Å². The van der Waals surface area contributed by atoms with E-state index in [1.807, 2.05) is 17.4 Å². The zero-order valence-corrected chi connectivity index (χ0v) is 7.91. The van der Waals surface area contributed by atoms with Crippen molar-refractivity contribution >= 4 is 0 Å². The van der Waals surface area contributed by atoms with E-state index in [1.165, 1.54) is 0 Å². The van der Waals surface area contributed by atoms with Gasteiger partial charge in [-0.15, -0.1) is 5.53 Å². The van der Waals surface area contributed by atoms with Crippen LogP contribution < -0.4 is 5.53 Å². The Morgan fingerprint density at radius 1 is 1.42 bits per heavy atom. The first-order valence-corrected chi connectivity index (χ1v) is 4.21. The van der Waals surface area contributed by atoms with Crippen LogP contribution in [0, 0.1) is 0 Å². The Morgan fingerprint density at radius 2 is 2.08 bits per heavy atom. The molecule has 0 amide bonds. The Bertz CT molecular complexity index is 179. The fraction of sp³-hybridized carbons (Fsp3) is 0.750. The van der Waals surface area contributed by atoms with Gasteiger partial charge in [0.05, 0.1) is 5.54 Å². The second-order valence-corrected chi connectivity index (χ2v) is 3.55. The lowest BCUT2D eigenvalue weighted by molar-refractivity contribution is 0.00665. The van der Waals surface area contributed by atoms with E-state index < -0.39 is 0 Å². The van der Waals surface area contributed by atoms with Crippen LogP contribution >= 0.6 is 0 Å². The summed E-state index contributed by atoms with van der Waals surface area (Å²) in [5, 5.41) is 12.4. The van der Waals surface area contributed by atoms with Gasteiger partial charge in [0.15, 0.2) is 0 Å². The van der Waals surface area contributed by atoms with Crippen LogP contribution in [0.1, 0.15) is 27.2 Å². The second-order valence-electron chi connectivity index (χ2n) is 3.55. The fourth-order valence-electron chi connectivity index (χ4n) is 0.938. The highest BCUT2D eigenvalue weighted by Crippen LogP contribution is 2.19. The van der Waals surface area contributed by atoms with Gasteiger partial charge in [-0.2, -0.15) is 0 Å². The Morgan fingerprint density at radius 3 is 2.50 bits per heavy atom. The molecule has 2 N–H and O–H groups in total. The van der Waals surface area contributed by atoms with E-state index in [4.69, 9.17) is 5.11 Å². The minimum Gasteiger partial charge on any atom is -0.375 e. The number of nitrogens with one attached hydrogen (secondary N) is 1. The maximum absolute atomic E-state index is 8.81. The molecule has 0 saturated heterocycles. The maximum Gasteiger partial charge on any atom is 0.131 e. The molecule has 0 radical (unpaired) electrons. The molecule has 0 aliphatic carbocycles. The molecule has 1 heterocycles. The Kier molecular flexibility index (Phi) is 2.59. The maximum atomic E-state index is 8.81. The third kappa shape index (κ3) is 1.70. The van der Waals surface area contributed by atoms with Crippen LogP contribution in [0.5, 0.6) is 0 Å². The number of hydrazine groups is 2. The summed E-state index contributed by atoms with van der Waals surface area (Å²) in [4.78, 5) is 0. The van der Waals surface area contributed by atoms with Crippen molar-refractivity contribution < 1.29 is 5.11 Å². The smallest absolute Gasteiger partial charge is 0.131 e. The van der Waals surface area contributed by atoms with Gasteiger partial charge in [0.25, 0.3) is 0 Å². The van der Waals surface area contributed by atoms with Gasteiger partial charge >= 0.3 is 0 Å². The average Bonchev–Trinajstić information content (AvgIpc) is 2.52. The predicted molar refractivity (Wildman–Crippen MR) is 47.4 cm³/mol. The molecule has 12 heavy (non-hydrogen) atoms. The Hall–Kier alpha value is -0.740. The third-order valence-electron chi connectivity index (χ3n) is 2.30. The summed E-state index contributed by atoms with van der Waals surface area (Å²) >= 11 is 0. The predicted octanol–water partition coefficient (Wildman–Crippen LogP) is 0.633. The molecule has 4 heteroatoms. The first kappa shape index (κ1) is 9.35. The molecule has 0 aromatic heterocycles. The first-order valence-electron chi connectivity index (χ1n) is 4.21. The van der Waals surface area contributed by atoms with Crippen molar-refractivity contribution in [3.8, 4) is 0 Å². The number of hydrogen-bond acceptors (Lipinski definition) is 4. The summed E-state index contributed by atoms with van der Waals surface area (Å²) in [5.41, 5.74) is 3.12. The summed E-state index contributed by atoms with van der Waals surface area (Å²) in [6.45, 7) is 6.42. The van der Waals surface area contributed by atoms with Gasteiger partial charge in [-0.1, -0.05) is 6.92 Å². The van der Waals surface area contributed by atoms with E-state index in [1.54, 1.807) is 5.01 Å². The monoisotopic (exact) mass is 171 g/mol. The van der Waals surface area contributed by atoms with Gasteiger partial charge < -0.3 is 5.11 Å². The van der Waals surface area contributed by atoms with Crippen LogP contribution in [0.2, 0.25) is 0 Å². The lowest BCUT2D eigenvalue weighted by atomic mass is 10.0. The molecule has 70 valence electrons. The molecule has 1 aliphatic rings. The van der Waals surface area contributed by atoms with Gasteiger partial charge in [-0.25, -0.2) is 0 Å². The van der Waals surface area contributed by atoms with E-state index >= 15 is 0 Å². The van der Waals surface area contributed by atoms with E-state index in [2.05, 4.69) is 26.3 Å². The van der Waals surface area contributed by atoms with E-state index in [0.29, 0.717) is 0 Å². The number of hydrogen-bond donors (Lipinski definition) is 2. The molecule has 0 aromatic carbocycles. The molecule has 0 spiro atoms. The zero-order chi connectivity index (χ0) is 9.19. The summed E-state index contributed by atoms with van der Waals surface area (Å²) < 4.78 is 0. The third-order valence-corrected chi connectivity index (χ3v) is 2.30. The van der Waals surface area contributed by atoms with E-state index in [-0.39, 0.29) is 12.3 Å². The topological polar surface area (TPSA) is 38.7 Å². The normalized spacial score (nSPS) is 17.7. The van der Waals surface area contributed by atoms with Gasteiger partial charge in [-0.05, 0) is 20.3 Å². The highest BCUT2D eigenvalue weighted by atomic mass is 16.3. The van der Waals surface area contributed by atoms with Gasteiger partial charge in [-0.3, -0.25) is 10.0 Å². The van der Waals surface area contributed by atoms with Crippen LogP contribution in [0.4, 0.5) is 0 Å². The van der Waals surface area contributed by atoms with Crippen molar-refractivity contribution in [2.45, 2.75) is 32.7 Å². The Balaban J connectivity index is 2.53. The molecule has 4 nitrogen and oxygen atoms in total.